The fourth-order valence-electron chi connectivity index (χ4n) is 1.77. The summed E-state index contributed by atoms with van der Waals surface area (Å²) in [6, 6.07) is 0. The molecule has 0 aromatic heterocycles. The fraction of sp³-hybridized carbons (Fsp3) is 0.692. The first-order chi connectivity index (χ1) is 7.36. The van der Waals surface area contributed by atoms with Crippen molar-refractivity contribution in [3.8, 4) is 0 Å². The van der Waals surface area contributed by atoms with Crippen LogP contribution in [0.2, 0.25) is 0 Å². The number of nitrogens with one attached hydrogen (secondary N) is 1. The number of rotatable bonds is 7. The number of hydrogen-bond acceptors (Lipinski definition) is 2. The lowest BCUT2D eigenvalue weighted by Crippen LogP contribution is -2.15. The van der Waals surface area contributed by atoms with Crippen molar-refractivity contribution in [2.75, 3.05) is 20.2 Å². The van der Waals surface area contributed by atoms with Crippen LogP contribution < -0.4 is 5.32 Å². The van der Waals surface area contributed by atoms with E-state index in [1.54, 1.807) is 12.7 Å². The molecule has 0 fully saturated rings. The summed E-state index contributed by atoms with van der Waals surface area (Å²) in [6.45, 7) is 4.49. The molecule has 0 saturated heterocycles. The Hall–Kier alpha value is -0.760. The van der Waals surface area contributed by atoms with Gasteiger partial charge in [0, 0.05) is 6.42 Å². The molecule has 0 saturated carbocycles. The first kappa shape index (κ1) is 12.3. The highest BCUT2D eigenvalue weighted by Gasteiger charge is 2.04. The van der Waals surface area contributed by atoms with Gasteiger partial charge in [0.1, 0.15) is 0 Å². The predicted octanol–water partition coefficient (Wildman–Crippen LogP) is 3.02. The molecule has 15 heavy (non-hydrogen) atoms. The molecule has 2 nitrogen and oxygen atoms in total. The first-order valence-corrected chi connectivity index (χ1v) is 5.98. The summed E-state index contributed by atoms with van der Waals surface area (Å²) < 4.78 is 5.20. The average Bonchev–Trinajstić information content (AvgIpc) is 2.30. The number of hydrogen-bond donors (Lipinski definition) is 1. The Balaban J connectivity index is 2.06. The Morgan fingerprint density at radius 2 is 2.13 bits per heavy atom. The summed E-state index contributed by atoms with van der Waals surface area (Å²) in [4.78, 5) is 0. The van der Waals surface area contributed by atoms with Crippen LogP contribution in [0.15, 0.2) is 23.5 Å². The molecule has 86 valence electrons. The summed E-state index contributed by atoms with van der Waals surface area (Å²) >= 11 is 0. The third-order valence-corrected chi connectivity index (χ3v) is 2.72. The molecule has 0 aromatic rings. The quantitative estimate of drug-likeness (QED) is 0.514. The van der Waals surface area contributed by atoms with E-state index in [0.717, 1.165) is 31.7 Å². The topological polar surface area (TPSA) is 21.3 Å². The second-order valence-electron chi connectivity index (χ2n) is 4.00. The molecule has 0 aromatic carbocycles. The fourth-order valence-corrected chi connectivity index (χ4v) is 1.77. The maximum atomic E-state index is 5.20. The highest BCUT2D eigenvalue weighted by atomic mass is 16.5. The van der Waals surface area contributed by atoms with E-state index >= 15 is 0 Å². The van der Waals surface area contributed by atoms with Gasteiger partial charge in [0.05, 0.1) is 12.9 Å². The minimum absolute atomic E-state index is 0.980. The van der Waals surface area contributed by atoms with Gasteiger partial charge >= 0.3 is 0 Å². The van der Waals surface area contributed by atoms with E-state index in [1.165, 1.54) is 19.3 Å². The van der Waals surface area contributed by atoms with Gasteiger partial charge in [-0.3, -0.25) is 0 Å². The van der Waals surface area contributed by atoms with Crippen molar-refractivity contribution in [1.29, 1.82) is 0 Å². The van der Waals surface area contributed by atoms with Gasteiger partial charge in [-0.2, -0.15) is 0 Å². The predicted molar refractivity (Wildman–Crippen MR) is 64.8 cm³/mol. The van der Waals surface area contributed by atoms with Gasteiger partial charge in [0.2, 0.25) is 0 Å². The lowest BCUT2D eigenvalue weighted by atomic mass is 10.0. The number of methoxy groups -OCH3 is 1. The van der Waals surface area contributed by atoms with Crippen molar-refractivity contribution >= 4 is 0 Å². The minimum atomic E-state index is 0.980. The second kappa shape index (κ2) is 7.52. The van der Waals surface area contributed by atoms with Crippen molar-refractivity contribution < 1.29 is 4.74 Å². The first-order valence-electron chi connectivity index (χ1n) is 5.98. The molecular weight excluding hydrogens is 186 g/mol. The largest absolute Gasteiger partial charge is 0.501 e. The lowest BCUT2D eigenvalue weighted by molar-refractivity contribution is 0.281. The highest BCUT2D eigenvalue weighted by molar-refractivity contribution is 5.18. The van der Waals surface area contributed by atoms with E-state index < -0.39 is 0 Å². The zero-order valence-electron chi connectivity index (χ0n) is 10.0. The van der Waals surface area contributed by atoms with Gasteiger partial charge in [-0.25, -0.2) is 0 Å². The van der Waals surface area contributed by atoms with Gasteiger partial charge < -0.3 is 10.1 Å². The van der Waals surface area contributed by atoms with Crippen LogP contribution in [0.3, 0.4) is 0 Å². The Morgan fingerprint density at radius 3 is 2.73 bits per heavy atom. The van der Waals surface area contributed by atoms with Crippen LogP contribution in [0.1, 0.15) is 39.0 Å². The molecule has 0 heterocycles. The standard InChI is InChI=1S/C13H23NO/c1-3-10-14-11-4-5-12-6-8-13(15-2)9-7-12/h6,9,14H,3-5,7-8,10-11H2,1-2H3. The van der Waals surface area contributed by atoms with Crippen LogP contribution in [-0.4, -0.2) is 20.2 Å². The molecule has 0 unspecified atom stereocenters. The van der Waals surface area contributed by atoms with E-state index in [1.807, 2.05) is 0 Å². The minimum Gasteiger partial charge on any atom is -0.501 e. The molecule has 0 spiro atoms. The second-order valence-corrected chi connectivity index (χ2v) is 4.00. The van der Waals surface area contributed by atoms with Crippen LogP contribution in [0.4, 0.5) is 0 Å². The SMILES string of the molecule is CCCNCCCC1=CCC(OC)=CC1. The van der Waals surface area contributed by atoms with E-state index in [9.17, 15) is 0 Å². The average molecular weight is 209 g/mol. The maximum absolute atomic E-state index is 5.20. The molecule has 0 amide bonds. The molecule has 2 heteroatoms. The van der Waals surface area contributed by atoms with Crippen LogP contribution in [0, 0.1) is 0 Å². The zero-order valence-corrected chi connectivity index (χ0v) is 10.0. The summed E-state index contributed by atoms with van der Waals surface area (Å²) in [5.41, 5.74) is 1.56. The highest BCUT2D eigenvalue weighted by Crippen LogP contribution is 2.20. The monoisotopic (exact) mass is 209 g/mol. The van der Waals surface area contributed by atoms with E-state index in [4.69, 9.17) is 4.74 Å². The summed E-state index contributed by atoms with van der Waals surface area (Å²) in [7, 11) is 1.75. The van der Waals surface area contributed by atoms with Crippen molar-refractivity contribution in [3.05, 3.63) is 23.5 Å². The van der Waals surface area contributed by atoms with Gasteiger partial charge in [-0.15, -0.1) is 0 Å². The Bertz CT molecular complexity index is 231. The zero-order chi connectivity index (χ0) is 10.9. The summed E-state index contributed by atoms with van der Waals surface area (Å²) in [6.07, 6.45) is 10.3. The lowest BCUT2D eigenvalue weighted by Gasteiger charge is -2.13. The molecule has 1 aliphatic rings. The molecule has 1 aliphatic carbocycles. The van der Waals surface area contributed by atoms with Crippen molar-refractivity contribution in [2.45, 2.75) is 39.0 Å². The van der Waals surface area contributed by atoms with E-state index in [0.29, 0.717) is 0 Å². The molecule has 0 atom stereocenters. The van der Waals surface area contributed by atoms with Crippen LogP contribution in [0.5, 0.6) is 0 Å². The van der Waals surface area contributed by atoms with Crippen LogP contribution >= 0.6 is 0 Å². The molecule has 1 rings (SSSR count). The Labute approximate surface area is 93.4 Å². The third-order valence-electron chi connectivity index (χ3n) is 2.72. The van der Waals surface area contributed by atoms with E-state index in [-0.39, 0.29) is 0 Å². The molecular formula is C13H23NO. The molecule has 0 aliphatic heterocycles. The maximum Gasteiger partial charge on any atom is 0.0956 e. The van der Waals surface area contributed by atoms with Crippen molar-refractivity contribution in [1.82, 2.24) is 5.32 Å². The van der Waals surface area contributed by atoms with E-state index in [2.05, 4.69) is 24.4 Å². The normalized spacial score (nSPS) is 15.9. The van der Waals surface area contributed by atoms with Gasteiger partial charge in [-0.05, 0) is 44.8 Å². The van der Waals surface area contributed by atoms with Gasteiger partial charge in [-0.1, -0.05) is 18.6 Å². The van der Waals surface area contributed by atoms with Gasteiger partial charge in [0.25, 0.3) is 0 Å². The number of ether oxygens (including phenoxy) is 1. The van der Waals surface area contributed by atoms with Gasteiger partial charge in [0.15, 0.2) is 0 Å². The van der Waals surface area contributed by atoms with Crippen LogP contribution in [-0.2, 0) is 4.74 Å². The Kier molecular flexibility index (Phi) is 6.17. The summed E-state index contributed by atoms with van der Waals surface area (Å²) in [5.74, 6) is 1.11. The van der Waals surface area contributed by atoms with Crippen LogP contribution in [0.25, 0.3) is 0 Å². The van der Waals surface area contributed by atoms with Crippen molar-refractivity contribution in [3.63, 3.8) is 0 Å². The van der Waals surface area contributed by atoms with Crippen molar-refractivity contribution in [2.24, 2.45) is 0 Å². The summed E-state index contributed by atoms with van der Waals surface area (Å²) in [5, 5.41) is 3.43. The Morgan fingerprint density at radius 1 is 1.27 bits per heavy atom. The smallest absolute Gasteiger partial charge is 0.0956 e. The molecule has 1 N–H and O–H groups in total. The third kappa shape index (κ3) is 5.03. The molecule has 0 radical (unpaired) electrons. The number of allylic oxidation sites excluding steroid dienone is 3. The molecule has 0 bridgehead atoms.